The van der Waals surface area contributed by atoms with E-state index < -0.39 is 10.0 Å². The van der Waals surface area contributed by atoms with Crippen molar-refractivity contribution in [2.75, 3.05) is 0 Å². The molecule has 0 unspecified atom stereocenters. The average molecular weight is 274 g/mol. The number of primary sulfonamides is 1. The van der Waals surface area contributed by atoms with Gasteiger partial charge in [-0.25, -0.2) is 18.2 Å². The van der Waals surface area contributed by atoms with Gasteiger partial charge in [0.1, 0.15) is 10.4 Å². The van der Waals surface area contributed by atoms with Crippen molar-refractivity contribution < 1.29 is 8.42 Å². The highest BCUT2D eigenvalue weighted by molar-refractivity contribution is 7.89. The van der Waals surface area contributed by atoms with E-state index in [1.807, 2.05) is 18.2 Å². The molecular formula is C12H10N4O2S. The molecule has 0 aliphatic rings. The summed E-state index contributed by atoms with van der Waals surface area (Å²) in [6.07, 6.45) is 0. The van der Waals surface area contributed by atoms with E-state index in [9.17, 15) is 8.42 Å². The Hall–Kier alpha value is -2.25. The van der Waals surface area contributed by atoms with E-state index in [1.54, 1.807) is 24.3 Å². The van der Waals surface area contributed by atoms with E-state index in [2.05, 4.69) is 10.3 Å². The van der Waals surface area contributed by atoms with E-state index in [-0.39, 0.29) is 4.90 Å². The molecule has 0 fully saturated rings. The molecule has 2 aromatic carbocycles. The van der Waals surface area contributed by atoms with Gasteiger partial charge in [-0.3, -0.25) is 0 Å². The van der Waals surface area contributed by atoms with Crippen LogP contribution in [0.5, 0.6) is 0 Å². The fourth-order valence-corrected chi connectivity index (χ4v) is 2.63. The van der Waals surface area contributed by atoms with Gasteiger partial charge in [-0.2, -0.15) is 0 Å². The van der Waals surface area contributed by atoms with Crippen molar-refractivity contribution in [1.82, 2.24) is 15.0 Å². The second-order valence-corrected chi connectivity index (χ2v) is 5.53. The number of para-hydroxylation sites is 2. The second kappa shape index (κ2) is 4.15. The van der Waals surface area contributed by atoms with Gasteiger partial charge in [0.15, 0.2) is 0 Å². The van der Waals surface area contributed by atoms with Crippen LogP contribution in [-0.2, 0) is 10.0 Å². The zero-order valence-corrected chi connectivity index (χ0v) is 10.6. The third-order valence-electron chi connectivity index (χ3n) is 2.75. The monoisotopic (exact) mass is 274 g/mol. The van der Waals surface area contributed by atoms with Crippen molar-refractivity contribution in [3.05, 3.63) is 48.5 Å². The summed E-state index contributed by atoms with van der Waals surface area (Å²) >= 11 is 0. The Bertz CT molecular complexity index is 855. The molecule has 0 atom stereocenters. The molecule has 0 saturated carbocycles. The van der Waals surface area contributed by atoms with Gasteiger partial charge in [-0.1, -0.05) is 29.5 Å². The van der Waals surface area contributed by atoms with E-state index in [1.165, 1.54) is 10.7 Å². The van der Waals surface area contributed by atoms with Gasteiger partial charge in [-0.05, 0) is 24.3 Å². The Labute approximate surface area is 109 Å². The van der Waals surface area contributed by atoms with Gasteiger partial charge in [-0.15, -0.1) is 5.10 Å². The van der Waals surface area contributed by atoms with Crippen LogP contribution in [0.4, 0.5) is 0 Å². The fraction of sp³-hybridized carbons (Fsp3) is 0. The predicted molar refractivity (Wildman–Crippen MR) is 70.2 cm³/mol. The lowest BCUT2D eigenvalue weighted by atomic mass is 10.3. The highest BCUT2D eigenvalue weighted by atomic mass is 32.2. The Balaban J connectivity index is 2.34. The molecule has 7 heteroatoms. The van der Waals surface area contributed by atoms with Gasteiger partial charge < -0.3 is 0 Å². The van der Waals surface area contributed by atoms with Crippen LogP contribution in [0.15, 0.2) is 53.4 Å². The first-order valence-corrected chi connectivity index (χ1v) is 7.05. The molecule has 19 heavy (non-hydrogen) atoms. The lowest BCUT2D eigenvalue weighted by Crippen LogP contribution is -2.15. The van der Waals surface area contributed by atoms with Crippen LogP contribution in [0.25, 0.3) is 16.7 Å². The summed E-state index contributed by atoms with van der Waals surface area (Å²) in [5.41, 5.74) is 1.80. The molecule has 3 aromatic rings. The molecular weight excluding hydrogens is 264 g/mol. The summed E-state index contributed by atoms with van der Waals surface area (Å²) < 4.78 is 24.7. The molecule has 0 saturated heterocycles. The van der Waals surface area contributed by atoms with Gasteiger partial charge in [0.05, 0.1) is 11.2 Å². The number of sulfonamides is 1. The van der Waals surface area contributed by atoms with Crippen LogP contribution < -0.4 is 5.14 Å². The lowest BCUT2D eigenvalue weighted by molar-refractivity contribution is 0.596. The van der Waals surface area contributed by atoms with Crippen LogP contribution in [0.1, 0.15) is 0 Å². The van der Waals surface area contributed by atoms with Crippen molar-refractivity contribution in [3.63, 3.8) is 0 Å². The van der Waals surface area contributed by atoms with Crippen LogP contribution in [-0.4, -0.2) is 23.4 Å². The summed E-state index contributed by atoms with van der Waals surface area (Å²) in [5.74, 6) is 0. The lowest BCUT2D eigenvalue weighted by Gasteiger charge is -2.07. The summed E-state index contributed by atoms with van der Waals surface area (Å²) in [6.45, 7) is 0. The molecule has 2 N–H and O–H groups in total. The van der Waals surface area contributed by atoms with Crippen LogP contribution in [0, 0.1) is 0 Å². The Morgan fingerprint density at radius 3 is 2.47 bits per heavy atom. The number of nitrogens with zero attached hydrogens (tertiary/aromatic N) is 3. The number of nitrogens with two attached hydrogens (primary N) is 1. The first-order valence-electron chi connectivity index (χ1n) is 5.50. The summed E-state index contributed by atoms with van der Waals surface area (Å²) in [7, 11) is -3.82. The number of fused-ring (bicyclic) bond motifs is 1. The normalized spacial score (nSPS) is 11.8. The maximum absolute atomic E-state index is 11.6. The molecule has 6 nitrogen and oxygen atoms in total. The maximum Gasteiger partial charge on any atom is 0.240 e. The summed E-state index contributed by atoms with van der Waals surface area (Å²) in [6, 6.07) is 13.7. The number of hydrogen-bond donors (Lipinski definition) is 1. The zero-order chi connectivity index (χ0) is 13.5. The van der Waals surface area contributed by atoms with Crippen LogP contribution in [0.2, 0.25) is 0 Å². The quantitative estimate of drug-likeness (QED) is 0.756. The molecule has 0 amide bonds. The molecule has 0 aliphatic heterocycles. The highest BCUT2D eigenvalue weighted by Gasteiger charge is 2.16. The van der Waals surface area contributed by atoms with Crippen molar-refractivity contribution in [3.8, 4) is 5.69 Å². The van der Waals surface area contributed by atoms with Gasteiger partial charge in [0, 0.05) is 0 Å². The van der Waals surface area contributed by atoms with Crippen molar-refractivity contribution in [2.24, 2.45) is 5.14 Å². The minimum atomic E-state index is -3.82. The molecule has 0 spiro atoms. The highest BCUT2D eigenvalue weighted by Crippen LogP contribution is 2.21. The van der Waals surface area contributed by atoms with E-state index >= 15 is 0 Å². The molecule has 1 aromatic heterocycles. The SMILES string of the molecule is NS(=O)(=O)c1ccccc1-n1nnc2ccccc21. The number of hydrogen-bond acceptors (Lipinski definition) is 4. The maximum atomic E-state index is 11.6. The van der Waals surface area contributed by atoms with E-state index in [0.29, 0.717) is 11.2 Å². The second-order valence-electron chi connectivity index (χ2n) is 4.00. The Morgan fingerprint density at radius 1 is 1.00 bits per heavy atom. The van der Waals surface area contributed by atoms with Crippen molar-refractivity contribution >= 4 is 21.1 Å². The standard InChI is InChI=1S/C12H10N4O2S/c13-19(17,18)12-8-4-3-7-11(12)16-10-6-2-1-5-9(10)14-15-16/h1-8H,(H2,13,17,18). The van der Waals surface area contributed by atoms with Crippen LogP contribution >= 0.6 is 0 Å². The molecule has 3 rings (SSSR count). The molecule has 0 radical (unpaired) electrons. The van der Waals surface area contributed by atoms with E-state index in [0.717, 1.165) is 5.52 Å². The Morgan fingerprint density at radius 2 is 1.68 bits per heavy atom. The predicted octanol–water partition coefficient (Wildman–Crippen LogP) is 1.07. The minimum Gasteiger partial charge on any atom is -0.225 e. The first kappa shape index (κ1) is 11.8. The molecule has 0 bridgehead atoms. The van der Waals surface area contributed by atoms with Crippen molar-refractivity contribution in [2.45, 2.75) is 4.90 Å². The Kier molecular flexibility index (Phi) is 2.58. The molecule has 0 aliphatic carbocycles. The number of aromatic nitrogens is 3. The molecule has 1 heterocycles. The van der Waals surface area contributed by atoms with Gasteiger partial charge >= 0.3 is 0 Å². The fourth-order valence-electron chi connectivity index (χ4n) is 1.92. The third-order valence-corrected chi connectivity index (χ3v) is 3.71. The largest absolute Gasteiger partial charge is 0.240 e. The summed E-state index contributed by atoms with van der Waals surface area (Å²) in [5, 5.41) is 13.2. The number of benzene rings is 2. The van der Waals surface area contributed by atoms with Gasteiger partial charge in [0.2, 0.25) is 10.0 Å². The van der Waals surface area contributed by atoms with E-state index in [4.69, 9.17) is 5.14 Å². The smallest absolute Gasteiger partial charge is 0.225 e. The van der Waals surface area contributed by atoms with Crippen LogP contribution in [0.3, 0.4) is 0 Å². The topological polar surface area (TPSA) is 90.9 Å². The zero-order valence-electron chi connectivity index (χ0n) is 9.76. The average Bonchev–Trinajstić information content (AvgIpc) is 2.81. The number of rotatable bonds is 2. The summed E-state index contributed by atoms with van der Waals surface area (Å²) in [4.78, 5) is 0.0191. The van der Waals surface area contributed by atoms with Gasteiger partial charge in [0.25, 0.3) is 0 Å². The third kappa shape index (κ3) is 1.98. The first-order chi connectivity index (χ1) is 9.07. The molecule has 96 valence electrons. The van der Waals surface area contributed by atoms with Crippen molar-refractivity contribution in [1.29, 1.82) is 0 Å². The minimum absolute atomic E-state index is 0.0191.